The maximum atomic E-state index is 4.52. The number of hydrogen-bond acceptors (Lipinski definition) is 5. The molecule has 0 bridgehead atoms. The van der Waals surface area contributed by atoms with Crippen molar-refractivity contribution in [3.8, 4) is 10.8 Å². The second-order valence-corrected chi connectivity index (χ2v) is 4.61. The highest BCUT2D eigenvalue weighted by molar-refractivity contribution is 7.13. The minimum Gasteiger partial charge on any atom is -0.310 e. The minimum atomic E-state index is -0.116. The van der Waals surface area contributed by atoms with Gasteiger partial charge in [0.05, 0.1) is 11.2 Å². The van der Waals surface area contributed by atoms with Gasteiger partial charge in [0, 0.05) is 5.38 Å². The molecule has 2 aromatic rings. The van der Waals surface area contributed by atoms with Crippen molar-refractivity contribution in [2.24, 2.45) is 0 Å². The molecule has 2 aromatic heterocycles. The number of aromatic nitrogens is 4. The summed E-state index contributed by atoms with van der Waals surface area (Å²) in [7, 11) is 1.92. The van der Waals surface area contributed by atoms with Crippen molar-refractivity contribution >= 4 is 11.3 Å². The SMILES string of the molecule is CNC(C)(C)c1csc(-c2ncn[nH]2)n1. The zero-order valence-corrected chi connectivity index (χ0v) is 9.72. The average Bonchev–Trinajstić information content (AvgIpc) is 2.88. The summed E-state index contributed by atoms with van der Waals surface area (Å²) in [5, 5.41) is 12.7. The van der Waals surface area contributed by atoms with E-state index in [0.717, 1.165) is 16.5 Å². The fourth-order valence-electron chi connectivity index (χ4n) is 1.11. The molecular weight excluding hydrogens is 210 g/mol. The third-order valence-corrected chi connectivity index (χ3v) is 3.24. The van der Waals surface area contributed by atoms with Crippen LogP contribution in [0.25, 0.3) is 10.8 Å². The van der Waals surface area contributed by atoms with Gasteiger partial charge >= 0.3 is 0 Å². The number of rotatable bonds is 3. The lowest BCUT2D eigenvalue weighted by molar-refractivity contribution is 0.434. The van der Waals surface area contributed by atoms with Crippen LogP contribution in [-0.2, 0) is 5.54 Å². The lowest BCUT2D eigenvalue weighted by atomic mass is 10.0. The normalized spacial score (nSPS) is 11.9. The molecule has 0 unspecified atom stereocenters. The highest BCUT2D eigenvalue weighted by atomic mass is 32.1. The van der Waals surface area contributed by atoms with E-state index >= 15 is 0 Å². The molecule has 0 atom stereocenters. The van der Waals surface area contributed by atoms with Crippen LogP contribution in [0.3, 0.4) is 0 Å². The molecule has 0 fully saturated rings. The van der Waals surface area contributed by atoms with Gasteiger partial charge in [-0.05, 0) is 20.9 Å². The predicted octanol–water partition coefficient (Wildman–Crippen LogP) is 1.38. The molecule has 80 valence electrons. The van der Waals surface area contributed by atoms with E-state index in [1.807, 2.05) is 12.4 Å². The molecule has 5 nitrogen and oxygen atoms in total. The molecule has 0 aromatic carbocycles. The topological polar surface area (TPSA) is 66.5 Å². The van der Waals surface area contributed by atoms with Crippen molar-refractivity contribution < 1.29 is 0 Å². The Morgan fingerprint density at radius 2 is 2.27 bits per heavy atom. The zero-order chi connectivity index (χ0) is 10.9. The molecule has 15 heavy (non-hydrogen) atoms. The Kier molecular flexibility index (Phi) is 2.54. The first-order valence-electron chi connectivity index (χ1n) is 4.64. The van der Waals surface area contributed by atoms with Gasteiger partial charge in [-0.25, -0.2) is 9.97 Å². The van der Waals surface area contributed by atoms with E-state index in [0.29, 0.717) is 0 Å². The van der Waals surface area contributed by atoms with E-state index in [4.69, 9.17) is 0 Å². The quantitative estimate of drug-likeness (QED) is 0.825. The highest BCUT2D eigenvalue weighted by Crippen LogP contribution is 2.26. The Balaban J connectivity index is 2.33. The maximum absolute atomic E-state index is 4.52. The van der Waals surface area contributed by atoms with E-state index < -0.39 is 0 Å². The number of nitrogens with zero attached hydrogens (tertiary/aromatic N) is 3. The smallest absolute Gasteiger partial charge is 0.184 e. The maximum Gasteiger partial charge on any atom is 0.184 e. The molecule has 6 heteroatoms. The van der Waals surface area contributed by atoms with Gasteiger partial charge in [-0.15, -0.1) is 11.3 Å². The first-order valence-corrected chi connectivity index (χ1v) is 5.52. The van der Waals surface area contributed by atoms with Crippen molar-refractivity contribution in [2.45, 2.75) is 19.4 Å². The lowest BCUT2D eigenvalue weighted by Gasteiger charge is -2.21. The molecule has 0 aliphatic heterocycles. The molecule has 0 saturated carbocycles. The highest BCUT2D eigenvalue weighted by Gasteiger charge is 2.21. The van der Waals surface area contributed by atoms with Gasteiger partial charge in [0.2, 0.25) is 0 Å². The molecule has 0 saturated heterocycles. The largest absolute Gasteiger partial charge is 0.310 e. The van der Waals surface area contributed by atoms with E-state index in [-0.39, 0.29) is 5.54 Å². The Labute approximate surface area is 92.0 Å². The summed E-state index contributed by atoms with van der Waals surface area (Å²) in [6.07, 6.45) is 1.49. The van der Waals surface area contributed by atoms with Gasteiger partial charge in [0.15, 0.2) is 10.8 Å². The molecule has 2 rings (SSSR count). The first-order chi connectivity index (χ1) is 7.13. The van der Waals surface area contributed by atoms with Crippen molar-refractivity contribution in [2.75, 3.05) is 7.05 Å². The van der Waals surface area contributed by atoms with Gasteiger partial charge in [-0.1, -0.05) is 0 Å². The van der Waals surface area contributed by atoms with Crippen LogP contribution in [0.1, 0.15) is 19.5 Å². The van der Waals surface area contributed by atoms with Crippen molar-refractivity contribution in [3.05, 3.63) is 17.4 Å². The van der Waals surface area contributed by atoms with E-state index in [9.17, 15) is 0 Å². The van der Waals surface area contributed by atoms with Gasteiger partial charge in [-0.3, -0.25) is 5.10 Å². The molecule has 2 heterocycles. The summed E-state index contributed by atoms with van der Waals surface area (Å²) in [6.45, 7) is 4.18. The first kappa shape index (κ1) is 10.3. The lowest BCUT2D eigenvalue weighted by Crippen LogP contribution is -2.33. The molecule has 0 radical (unpaired) electrons. The summed E-state index contributed by atoms with van der Waals surface area (Å²) >= 11 is 1.56. The van der Waals surface area contributed by atoms with Crippen LogP contribution in [0.5, 0.6) is 0 Å². The van der Waals surface area contributed by atoms with Crippen molar-refractivity contribution in [1.29, 1.82) is 0 Å². The standard InChI is InChI=1S/C9H13N5S/c1-9(2,10-3)6-4-15-8(13-6)7-11-5-12-14-7/h4-5,10H,1-3H3,(H,11,12,14). The van der Waals surface area contributed by atoms with Crippen LogP contribution in [0.2, 0.25) is 0 Å². The fraction of sp³-hybridized carbons (Fsp3) is 0.444. The summed E-state index contributed by atoms with van der Waals surface area (Å²) in [4.78, 5) is 8.59. The monoisotopic (exact) mass is 223 g/mol. The number of thiazole rings is 1. The van der Waals surface area contributed by atoms with E-state index in [1.54, 1.807) is 11.3 Å². The van der Waals surface area contributed by atoms with Crippen LogP contribution in [0, 0.1) is 0 Å². The summed E-state index contributed by atoms with van der Waals surface area (Å²) in [6, 6.07) is 0. The average molecular weight is 223 g/mol. The molecule has 0 aliphatic carbocycles. The Morgan fingerprint density at radius 1 is 1.47 bits per heavy atom. The van der Waals surface area contributed by atoms with Crippen LogP contribution in [0.15, 0.2) is 11.7 Å². The van der Waals surface area contributed by atoms with Crippen LogP contribution in [-0.4, -0.2) is 27.2 Å². The van der Waals surface area contributed by atoms with E-state index in [2.05, 4.69) is 39.3 Å². The third kappa shape index (κ3) is 1.91. The molecule has 0 spiro atoms. The number of hydrogen-bond donors (Lipinski definition) is 2. The second-order valence-electron chi connectivity index (χ2n) is 3.75. The summed E-state index contributed by atoms with van der Waals surface area (Å²) in [5.41, 5.74) is 0.899. The predicted molar refractivity (Wildman–Crippen MR) is 59.6 cm³/mol. The van der Waals surface area contributed by atoms with Crippen molar-refractivity contribution in [3.63, 3.8) is 0 Å². The molecule has 0 amide bonds. The van der Waals surface area contributed by atoms with Crippen LogP contribution >= 0.6 is 11.3 Å². The Hall–Kier alpha value is -1.27. The molecular formula is C9H13N5S. The van der Waals surface area contributed by atoms with Gasteiger partial charge in [0.25, 0.3) is 0 Å². The second kappa shape index (κ2) is 3.71. The third-order valence-electron chi connectivity index (χ3n) is 2.39. The number of H-pyrrole nitrogens is 1. The van der Waals surface area contributed by atoms with Gasteiger partial charge in [-0.2, -0.15) is 5.10 Å². The van der Waals surface area contributed by atoms with E-state index in [1.165, 1.54) is 6.33 Å². The minimum absolute atomic E-state index is 0.116. The molecule has 0 aliphatic rings. The summed E-state index contributed by atoms with van der Waals surface area (Å²) < 4.78 is 0. The van der Waals surface area contributed by atoms with Crippen molar-refractivity contribution in [1.82, 2.24) is 25.5 Å². The molecule has 2 N–H and O–H groups in total. The number of aromatic amines is 1. The fourth-order valence-corrected chi connectivity index (χ4v) is 2.04. The number of nitrogens with one attached hydrogen (secondary N) is 2. The summed E-state index contributed by atoms with van der Waals surface area (Å²) in [5.74, 6) is 0.721. The van der Waals surface area contributed by atoms with Crippen LogP contribution in [0.4, 0.5) is 0 Å². The zero-order valence-electron chi connectivity index (χ0n) is 8.90. The van der Waals surface area contributed by atoms with Crippen LogP contribution < -0.4 is 5.32 Å². The Morgan fingerprint density at radius 3 is 2.87 bits per heavy atom. The van der Waals surface area contributed by atoms with Gasteiger partial charge in [0.1, 0.15) is 6.33 Å². The van der Waals surface area contributed by atoms with Gasteiger partial charge < -0.3 is 5.32 Å². The Bertz CT molecular complexity index is 431.